The Morgan fingerprint density at radius 3 is 2.44 bits per heavy atom. The Balaban J connectivity index is 1.67. The third kappa shape index (κ3) is 4.19. The van der Waals surface area contributed by atoms with Crippen LogP contribution in [-0.4, -0.2) is 30.0 Å². The van der Waals surface area contributed by atoms with Crippen molar-refractivity contribution in [2.24, 2.45) is 5.92 Å². The summed E-state index contributed by atoms with van der Waals surface area (Å²) < 4.78 is 51.8. The Labute approximate surface area is 143 Å². The molecule has 1 fully saturated rings. The van der Waals surface area contributed by atoms with Crippen molar-refractivity contribution < 1.29 is 27.2 Å². The minimum absolute atomic E-state index is 0.110. The van der Waals surface area contributed by atoms with E-state index in [1.54, 1.807) is 31.4 Å². The van der Waals surface area contributed by atoms with Gasteiger partial charge in [-0.2, -0.15) is 18.2 Å². The summed E-state index contributed by atoms with van der Waals surface area (Å²) in [6.45, 7) is 0.559. The van der Waals surface area contributed by atoms with Crippen molar-refractivity contribution in [2.75, 3.05) is 13.7 Å². The molecular weight excluding hydrogens is 337 g/mol. The summed E-state index contributed by atoms with van der Waals surface area (Å²) in [5.41, 5.74) is 0.761. The molecule has 0 aliphatic heterocycles. The minimum atomic E-state index is -4.32. The molecule has 1 aromatic carbocycles. The summed E-state index contributed by atoms with van der Waals surface area (Å²) in [6, 6.07) is 6.81. The molecular formula is C17H19F3N2O3. The maximum Gasteiger partial charge on any atom is 0.411 e. The van der Waals surface area contributed by atoms with Crippen molar-refractivity contribution in [1.29, 1.82) is 0 Å². The fourth-order valence-corrected chi connectivity index (χ4v) is 2.64. The molecule has 0 bridgehead atoms. The van der Waals surface area contributed by atoms with Crippen molar-refractivity contribution in [3.05, 3.63) is 35.7 Å². The van der Waals surface area contributed by atoms with Crippen LogP contribution in [0.15, 0.2) is 28.8 Å². The number of benzene rings is 1. The summed E-state index contributed by atoms with van der Waals surface area (Å²) in [6.07, 6.45) is -2.19. The van der Waals surface area contributed by atoms with E-state index in [0.29, 0.717) is 28.8 Å². The van der Waals surface area contributed by atoms with Crippen LogP contribution in [0.4, 0.5) is 13.2 Å². The third-order valence-electron chi connectivity index (χ3n) is 4.38. The van der Waals surface area contributed by atoms with E-state index in [0.717, 1.165) is 12.8 Å². The summed E-state index contributed by atoms with van der Waals surface area (Å²) >= 11 is 0. The van der Waals surface area contributed by atoms with E-state index >= 15 is 0 Å². The van der Waals surface area contributed by atoms with Crippen LogP contribution in [0, 0.1) is 5.92 Å². The minimum Gasteiger partial charge on any atom is -0.368 e. The molecule has 8 heteroatoms. The predicted molar refractivity (Wildman–Crippen MR) is 82.5 cm³/mol. The van der Waals surface area contributed by atoms with Gasteiger partial charge in [-0.05, 0) is 31.2 Å². The number of hydrogen-bond acceptors (Lipinski definition) is 5. The highest BCUT2D eigenvalue weighted by Gasteiger charge is 2.47. The molecule has 0 saturated heterocycles. The Bertz CT molecular complexity index is 711. The van der Waals surface area contributed by atoms with E-state index in [4.69, 9.17) is 9.26 Å². The second-order valence-electron chi connectivity index (χ2n) is 6.31. The molecule has 0 N–H and O–H groups in total. The zero-order valence-corrected chi connectivity index (χ0v) is 14.0. The van der Waals surface area contributed by atoms with Crippen LogP contribution < -0.4 is 0 Å². The highest BCUT2D eigenvalue weighted by Crippen LogP contribution is 2.47. The van der Waals surface area contributed by atoms with Crippen molar-refractivity contribution in [2.45, 2.75) is 38.1 Å². The molecule has 5 nitrogen and oxygen atoms in total. The van der Waals surface area contributed by atoms with Crippen LogP contribution in [0.5, 0.6) is 0 Å². The number of alkyl halides is 3. The first-order chi connectivity index (χ1) is 11.8. The van der Waals surface area contributed by atoms with Crippen LogP contribution in [0.25, 0.3) is 11.4 Å². The molecule has 0 amide bonds. The van der Waals surface area contributed by atoms with Gasteiger partial charge in [-0.25, -0.2) is 0 Å². The number of nitrogens with zero attached hydrogens (tertiary/aromatic N) is 2. The molecule has 1 saturated carbocycles. The molecule has 1 aliphatic carbocycles. The lowest BCUT2D eigenvalue weighted by Gasteiger charge is -2.23. The molecule has 0 spiro atoms. The van der Waals surface area contributed by atoms with Gasteiger partial charge in [0.2, 0.25) is 5.82 Å². The van der Waals surface area contributed by atoms with Gasteiger partial charge in [-0.1, -0.05) is 29.4 Å². The van der Waals surface area contributed by atoms with Crippen molar-refractivity contribution >= 4 is 0 Å². The molecule has 2 aromatic rings. The lowest BCUT2D eigenvalue weighted by molar-refractivity contribution is -0.176. The van der Waals surface area contributed by atoms with E-state index in [9.17, 15) is 13.2 Å². The largest absolute Gasteiger partial charge is 0.411 e. The van der Waals surface area contributed by atoms with Crippen LogP contribution in [0.1, 0.15) is 31.2 Å². The van der Waals surface area contributed by atoms with E-state index in [1.165, 1.54) is 0 Å². The SMILES string of the molecule is COC(C)(c1nc(-c2ccc(COCC(F)(F)F)cc2)no1)C1CC1. The lowest BCUT2D eigenvalue weighted by atomic mass is 10.0. The Morgan fingerprint density at radius 2 is 1.88 bits per heavy atom. The number of aromatic nitrogens is 2. The van der Waals surface area contributed by atoms with Gasteiger partial charge in [-0.15, -0.1) is 0 Å². The average Bonchev–Trinajstić information content (AvgIpc) is 3.31. The average molecular weight is 356 g/mol. The molecule has 3 rings (SSSR count). The van der Waals surface area contributed by atoms with Gasteiger partial charge in [0.05, 0.1) is 6.61 Å². The van der Waals surface area contributed by atoms with E-state index < -0.39 is 18.4 Å². The van der Waals surface area contributed by atoms with Crippen molar-refractivity contribution in [1.82, 2.24) is 10.1 Å². The second-order valence-corrected chi connectivity index (χ2v) is 6.31. The maximum atomic E-state index is 12.1. The summed E-state index contributed by atoms with van der Waals surface area (Å²) in [7, 11) is 1.62. The number of rotatable bonds is 7. The fraction of sp³-hybridized carbons (Fsp3) is 0.529. The number of ether oxygens (including phenoxy) is 2. The smallest absolute Gasteiger partial charge is 0.368 e. The summed E-state index contributed by atoms with van der Waals surface area (Å²) in [4.78, 5) is 4.43. The zero-order chi connectivity index (χ0) is 18.1. The van der Waals surface area contributed by atoms with Crippen molar-refractivity contribution in [3.63, 3.8) is 0 Å². The highest BCUT2D eigenvalue weighted by atomic mass is 19.4. The lowest BCUT2D eigenvalue weighted by Crippen LogP contribution is -2.27. The van der Waals surface area contributed by atoms with E-state index in [1.807, 2.05) is 6.92 Å². The first kappa shape index (κ1) is 17.9. The van der Waals surface area contributed by atoms with Gasteiger partial charge in [0.25, 0.3) is 5.89 Å². The van der Waals surface area contributed by atoms with E-state index in [-0.39, 0.29) is 6.61 Å². The topological polar surface area (TPSA) is 57.4 Å². The van der Waals surface area contributed by atoms with Gasteiger partial charge >= 0.3 is 6.18 Å². The van der Waals surface area contributed by atoms with Gasteiger partial charge in [0, 0.05) is 12.7 Å². The molecule has 1 aromatic heterocycles. The van der Waals surface area contributed by atoms with E-state index in [2.05, 4.69) is 14.9 Å². The first-order valence-corrected chi connectivity index (χ1v) is 7.95. The quantitative estimate of drug-likeness (QED) is 0.748. The molecule has 25 heavy (non-hydrogen) atoms. The fourth-order valence-electron chi connectivity index (χ4n) is 2.64. The van der Waals surface area contributed by atoms with Crippen LogP contribution in [0.2, 0.25) is 0 Å². The highest BCUT2D eigenvalue weighted by molar-refractivity contribution is 5.54. The van der Waals surface area contributed by atoms with Crippen LogP contribution in [0.3, 0.4) is 0 Å². The van der Waals surface area contributed by atoms with Crippen LogP contribution in [-0.2, 0) is 21.7 Å². The molecule has 1 aliphatic rings. The summed E-state index contributed by atoms with van der Waals surface area (Å²) in [5.74, 6) is 1.23. The third-order valence-corrected chi connectivity index (χ3v) is 4.38. The Hall–Kier alpha value is -1.93. The van der Waals surface area contributed by atoms with Gasteiger partial charge in [-0.3, -0.25) is 0 Å². The second kappa shape index (κ2) is 6.76. The number of hydrogen-bond donors (Lipinski definition) is 0. The first-order valence-electron chi connectivity index (χ1n) is 7.95. The Kier molecular flexibility index (Phi) is 4.83. The summed E-state index contributed by atoms with van der Waals surface area (Å²) in [5, 5.41) is 3.99. The predicted octanol–water partition coefficient (Wildman–Crippen LogP) is 4.09. The zero-order valence-electron chi connectivity index (χ0n) is 14.0. The number of halogens is 3. The van der Waals surface area contributed by atoms with Gasteiger partial charge in [0.15, 0.2) is 0 Å². The Morgan fingerprint density at radius 1 is 1.20 bits per heavy atom. The molecule has 1 unspecified atom stereocenters. The molecule has 0 radical (unpaired) electrons. The molecule has 1 atom stereocenters. The van der Waals surface area contributed by atoms with Crippen LogP contribution >= 0.6 is 0 Å². The monoisotopic (exact) mass is 356 g/mol. The standard InChI is InChI=1S/C17H19F3N2O3/c1-16(23-2,13-7-8-13)15-21-14(22-25-15)12-5-3-11(4-6-12)9-24-10-17(18,19)20/h3-6,13H,7-10H2,1-2H3. The molecule has 1 heterocycles. The normalized spacial score (nSPS) is 17.5. The molecule has 136 valence electrons. The van der Waals surface area contributed by atoms with Gasteiger partial charge in [0.1, 0.15) is 12.2 Å². The van der Waals surface area contributed by atoms with Gasteiger partial charge < -0.3 is 14.0 Å². The van der Waals surface area contributed by atoms with Crippen molar-refractivity contribution in [3.8, 4) is 11.4 Å². The number of methoxy groups -OCH3 is 1. The maximum absolute atomic E-state index is 12.1.